The molecule has 0 N–H and O–H groups in total. The van der Waals surface area contributed by atoms with Crippen molar-refractivity contribution in [3.8, 4) is 11.5 Å². The molecule has 2 unspecified atom stereocenters. The minimum Gasteiger partial charge on any atom is -0.457 e. The van der Waals surface area contributed by atoms with Gasteiger partial charge in [0.1, 0.15) is 11.5 Å². The smallest absolute Gasteiger partial charge is 0.191 e. The van der Waals surface area contributed by atoms with Gasteiger partial charge in [0.25, 0.3) is 0 Å². The lowest BCUT2D eigenvalue weighted by atomic mass is 9.78. The Bertz CT molecular complexity index is 943. The van der Waals surface area contributed by atoms with Crippen LogP contribution in [0.3, 0.4) is 0 Å². The normalized spacial score (nSPS) is 14.9. The van der Waals surface area contributed by atoms with Crippen molar-refractivity contribution in [2.75, 3.05) is 5.90 Å². The molecule has 2 aromatic carbocycles. The lowest BCUT2D eigenvalue weighted by molar-refractivity contribution is 0.502. The van der Waals surface area contributed by atoms with Crippen molar-refractivity contribution in [3.05, 3.63) is 57.6 Å². The first kappa shape index (κ1) is 32.7. The van der Waals surface area contributed by atoms with Crippen molar-refractivity contribution in [1.29, 1.82) is 0 Å². The molecular formula is C31H48Cl2O2P2. The highest BCUT2D eigenvalue weighted by molar-refractivity contribution is 7.94. The Balaban J connectivity index is 2.44. The summed E-state index contributed by atoms with van der Waals surface area (Å²) in [4.78, 5) is 0. The van der Waals surface area contributed by atoms with Crippen LogP contribution in [-0.4, -0.2) is 5.90 Å². The minimum atomic E-state index is -1.37. The van der Waals surface area contributed by atoms with Crippen LogP contribution in [0.4, 0.5) is 0 Å². The Morgan fingerprint density at radius 3 is 0.919 bits per heavy atom. The highest BCUT2D eigenvalue weighted by Crippen LogP contribution is 2.60. The summed E-state index contributed by atoms with van der Waals surface area (Å²) in [7, 11) is -2.73. The van der Waals surface area contributed by atoms with Crippen molar-refractivity contribution in [3.63, 3.8) is 0 Å². The molecule has 2 rings (SSSR count). The topological polar surface area (TPSA) is 18.5 Å². The molecule has 0 aliphatic rings. The summed E-state index contributed by atoms with van der Waals surface area (Å²) in [6.07, 6.45) is 0. The van der Waals surface area contributed by atoms with Gasteiger partial charge in [0.15, 0.2) is 15.0 Å². The lowest BCUT2D eigenvalue weighted by Crippen LogP contribution is -2.19. The molecule has 2 nitrogen and oxygen atoms in total. The summed E-state index contributed by atoms with van der Waals surface area (Å²) < 4.78 is 13.2. The molecule has 6 heteroatoms. The van der Waals surface area contributed by atoms with E-state index in [-0.39, 0.29) is 21.7 Å². The largest absolute Gasteiger partial charge is 0.457 e. The van der Waals surface area contributed by atoms with Gasteiger partial charge in [-0.3, -0.25) is 0 Å². The molecule has 2 atom stereocenters. The molecule has 0 saturated heterocycles. The van der Waals surface area contributed by atoms with Crippen LogP contribution in [0.15, 0.2) is 24.3 Å². The lowest BCUT2D eigenvalue weighted by Gasteiger charge is -2.32. The van der Waals surface area contributed by atoms with Gasteiger partial charge in [-0.2, -0.15) is 0 Å². The third kappa shape index (κ3) is 8.73. The van der Waals surface area contributed by atoms with Gasteiger partial charge < -0.3 is 9.05 Å². The SMILES string of the molecule is Cc1cc(C(C)(C)C)c(OP(Cl)CP(Cl)Oc2c(C(C)(C)C)cc(C)cc2C(C)(C)C)c(C(C)(C)C)c1. The average Bonchev–Trinajstić information content (AvgIpc) is 2.66. The standard InChI is InChI=1S/C31H48Cl2O2P2/c1-20-15-22(28(3,4)5)26(23(16-20)29(6,7)8)34-36(32)19-37(33)35-27-24(30(9,10)11)17-21(2)18-25(27)31(12,13)14/h15-18H,19H2,1-14H3. The fraction of sp³-hybridized carbons (Fsp3) is 0.613. The third-order valence-electron chi connectivity index (χ3n) is 6.30. The highest BCUT2D eigenvalue weighted by Gasteiger charge is 2.32. The Morgan fingerprint density at radius 1 is 0.514 bits per heavy atom. The molecule has 0 amide bonds. The molecule has 0 aliphatic carbocycles. The summed E-state index contributed by atoms with van der Waals surface area (Å²) in [5, 5.41) is 0. The van der Waals surface area contributed by atoms with E-state index in [1.165, 1.54) is 33.4 Å². The van der Waals surface area contributed by atoms with Gasteiger partial charge in [-0.05, 0) is 58.0 Å². The van der Waals surface area contributed by atoms with Gasteiger partial charge in [0.2, 0.25) is 0 Å². The molecule has 0 heterocycles. The summed E-state index contributed by atoms with van der Waals surface area (Å²) >= 11 is 13.9. The number of benzene rings is 2. The average molecular weight is 586 g/mol. The first-order valence-electron chi connectivity index (χ1n) is 13.1. The highest BCUT2D eigenvalue weighted by atomic mass is 35.7. The van der Waals surface area contributed by atoms with Gasteiger partial charge in [0, 0.05) is 22.3 Å². The maximum Gasteiger partial charge on any atom is 0.191 e. The van der Waals surface area contributed by atoms with Crippen LogP contribution in [0.25, 0.3) is 0 Å². The van der Waals surface area contributed by atoms with E-state index in [1.54, 1.807) is 0 Å². The van der Waals surface area contributed by atoms with E-state index in [2.05, 4.69) is 121 Å². The number of hydrogen-bond donors (Lipinski definition) is 0. The predicted molar refractivity (Wildman–Crippen MR) is 169 cm³/mol. The van der Waals surface area contributed by atoms with E-state index in [4.69, 9.17) is 31.5 Å². The van der Waals surface area contributed by atoms with E-state index in [0.717, 1.165) is 11.5 Å². The van der Waals surface area contributed by atoms with E-state index in [0.29, 0.717) is 5.90 Å². The maximum absolute atomic E-state index is 6.94. The van der Waals surface area contributed by atoms with Crippen LogP contribution in [0.5, 0.6) is 11.5 Å². The quantitative estimate of drug-likeness (QED) is 0.314. The van der Waals surface area contributed by atoms with Gasteiger partial charge in [0.05, 0.1) is 5.90 Å². The van der Waals surface area contributed by atoms with Crippen LogP contribution >= 0.6 is 37.5 Å². The number of halogens is 2. The van der Waals surface area contributed by atoms with Crippen molar-refractivity contribution in [2.45, 2.75) is 119 Å². The van der Waals surface area contributed by atoms with Gasteiger partial charge in [-0.15, -0.1) is 0 Å². The number of rotatable bonds is 6. The Kier molecular flexibility index (Phi) is 10.2. The number of aryl methyl sites for hydroxylation is 2. The molecule has 208 valence electrons. The Morgan fingerprint density at radius 2 is 0.730 bits per heavy atom. The maximum atomic E-state index is 6.94. The second kappa shape index (κ2) is 11.5. The van der Waals surface area contributed by atoms with Crippen molar-refractivity contribution >= 4 is 37.5 Å². The molecule has 0 aromatic heterocycles. The second-order valence-corrected chi connectivity index (χ2v) is 19.4. The third-order valence-corrected chi connectivity index (χ3v) is 11.2. The minimum absolute atomic E-state index is 0.0816. The van der Waals surface area contributed by atoms with Crippen LogP contribution < -0.4 is 9.05 Å². The van der Waals surface area contributed by atoms with Crippen molar-refractivity contribution in [2.24, 2.45) is 0 Å². The molecule has 0 spiro atoms. The van der Waals surface area contributed by atoms with E-state index in [1.807, 2.05) is 0 Å². The second-order valence-electron chi connectivity index (χ2n) is 14.3. The molecule has 0 aliphatic heterocycles. The van der Waals surface area contributed by atoms with Crippen LogP contribution in [-0.2, 0) is 21.7 Å². The Hall–Kier alpha value is -0.520. The molecule has 0 bridgehead atoms. The zero-order valence-electron chi connectivity index (χ0n) is 25.5. The molecule has 0 fully saturated rings. The first-order chi connectivity index (χ1) is 16.5. The fourth-order valence-corrected chi connectivity index (χ4v) is 8.92. The van der Waals surface area contributed by atoms with E-state index < -0.39 is 15.0 Å². The first-order valence-corrected chi connectivity index (χ1v) is 17.8. The predicted octanol–water partition coefficient (Wildman–Crippen LogP) is 12.0. The monoisotopic (exact) mass is 584 g/mol. The van der Waals surface area contributed by atoms with Gasteiger partial charge in [-0.1, -0.05) is 118 Å². The van der Waals surface area contributed by atoms with Crippen molar-refractivity contribution in [1.82, 2.24) is 0 Å². The zero-order valence-corrected chi connectivity index (χ0v) is 28.8. The molecular weight excluding hydrogens is 537 g/mol. The van der Waals surface area contributed by atoms with E-state index in [9.17, 15) is 0 Å². The van der Waals surface area contributed by atoms with Crippen LogP contribution in [0, 0.1) is 13.8 Å². The zero-order chi connectivity index (χ0) is 28.7. The summed E-state index contributed by atoms with van der Waals surface area (Å²) in [6.45, 7) is 30.9. The Labute approximate surface area is 239 Å². The number of hydrogen-bond acceptors (Lipinski definition) is 2. The summed E-state index contributed by atoms with van der Waals surface area (Å²) in [6, 6.07) is 8.90. The summed E-state index contributed by atoms with van der Waals surface area (Å²) in [5.41, 5.74) is 6.83. The summed E-state index contributed by atoms with van der Waals surface area (Å²) in [5.74, 6) is 2.26. The molecule has 0 radical (unpaired) electrons. The van der Waals surface area contributed by atoms with Gasteiger partial charge in [-0.25, -0.2) is 0 Å². The fourth-order valence-electron chi connectivity index (χ4n) is 4.31. The van der Waals surface area contributed by atoms with E-state index >= 15 is 0 Å². The molecule has 37 heavy (non-hydrogen) atoms. The van der Waals surface area contributed by atoms with Crippen molar-refractivity contribution < 1.29 is 9.05 Å². The molecule has 0 saturated carbocycles. The van der Waals surface area contributed by atoms with Crippen LogP contribution in [0.1, 0.15) is 116 Å². The van der Waals surface area contributed by atoms with Crippen LogP contribution in [0.2, 0.25) is 0 Å². The molecule has 2 aromatic rings. The van der Waals surface area contributed by atoms with Gasteiger partial charge >= 0.3 is 0 Å².